The SMILES string of the molecule is Cc1ccc(CCNc2ncc3c(n2)Nc2ccccc2N=C3NN)cc1. The standard InChI is InChI=1S/C20H21N7/c1-13-6-8-14(9-7-13)10-11-22-20-23-12-15-18(26-20)24-16-4-2-3-5-17(16)25-19(15)27-21/h2-9,12H,10-11,21H2,1H3,(H,25,27)(H2,22,23,24,26). The molecule has 0 amide bonds. The predicted octanol–water partition coefficient (Wildman–Crippen LogP) is 3.04. The summed E-state index contributed by atoms with van der Waals surface area (Å²) in [6, 6.07) is 16.3. The Morgan fingerprint density at radius 1 is 1.07 bits per heavy atom. The number of benzene rings is 2. The molecule has 0 saturated carbocycles. The first-order valence-corrected chi connectivity index (χ1v) is 8.81. The Morgan fingerprint density at radius 3 is 2.70 bits per heavy atom. The number of hydrogen-bond donors (Lipinski definition) is 4. The molecule has 0 aliphatic carbocycles. The number of nitrogens with zero attached hydrogens (tertiary/aromatic N) is 3. The number of fused-ring (bicyclic) bond motifs is 2. The van der Waals surface area contributed by atoms with Crippen molar-refractivity contribution in [3.05, 3.63) is 71.4 Å². The molecule has 0 saturated heterocycles. The van der Waals surface area contributed by atoms with Crippen LogP contribution in [0, 0.1) is 6.92 Å². The Hall–Kier alpha value is -3.45. The predicted molar refractivity (Wildman–Crippen MR) is 109 cm³/mol. The Labute approximate surface area is 157 Å². The summed E-state index contributed by atoms with van der Waals surface area (Å²) in [6.45, 7) is 2.83. The first kappa shape index (κ1) is 17.0. The molecule has 3 aromatic rings. The zero-order chi connectivity index (χ0) is 18.6. The second-order valence-electron chi connectivity index (χ2n) is 6.37. The van der Waals surface area contributed by atoms with Crippen LogP contribution in [-0.2, 0) is 6.42 Å². The summed E-state index contributed by atoms with van der Waals surface area (Å²) in [4.78, 5) is 13.6. The highest BCUT2D eigenvalue weighted by Crippen LogP contribution is 2.32. The van der Waals surface area contributed by atoms with E-state index in [2.05, 4.69) is 62.2 Å². The zero-order valence-corrected chi connectivity index (χ0v) is 15.0. The highest BCUT2D eigenvalue weighted by Gasteiger charge is 2.18. The molecule has 0 bridgehead atoms. The summed E-state index contributed by atoms with van der Waals surface area (Å²) in [7, 11) is 0. The van der Waals surface area contributed by atoms with Crippen molar-refractivity contribution in [2.75, 3.05) is 17.2 Å². The van der Waals surface area contributed by atoms with E-state index >= 15 is 0 Å². The van der Waals surface area contributed by atoms with E-state index in [1.54, 1.807) is 6.20 Å². The van der Waals surface area contributed by atoms with Crippen LogP contribution in [0.15, 0.2) is 59.7 Å². The van der Waals surface area contributed by atoms with Gasteiger partial charge < -0.3 is 16.1 Å². The van der Waals surface area contributed by atoms with Crippen LogP contribution in [0.25, 0.3) is 0 Å². The zero-order valence-electron chi connectivity index (χ0n) is 15.0. The lowest BCUT2D eigenvalue weighted by Crippen LogP contribution is -2.31. The first-order valence-electron chi connectivity index (χ1n) is 8.81. The van der Waals surface area contributed by atoms with Crippen molar-refractivity contribution in [1.29, 1.82) is 0 Å². The maximum atomic E-state index is 5.66. The third kappa shape index (κ3) is 3.73. The highest BCUT2D eigenvalue weighted by molar-refractivity contribution is 6.06. The lowest BCUT2D eigenvalue weighted by atomic mass is 10.1. The Morgan fingerprint density at radius 2 is 1.89 bits per heavy atom. The molecular weight excluding hydrogens is 338 g/mol. The van der Waals surface area contributed by atoms with E-state index in [1.807, 2.05) is 24.3 Å². The monoisotopic (exact) mass is 359 g/mol. The van der Waals surface area contributed by atoms with Crippen LogP contribution >= 0.6 is 0 Å². The Bertz CT molecular complexity index is 980. The third-order valence-electron chi connectivity index (χ3n) is 4.39. The van der Waals surface area contributed by atoms with Gasteiger partial charge in [-0.1, -0.05) is 42.0 Å². The maximum Gasteiger partial charge on any atom is 0.224 e. The van der Waals surface area contributed by atoms with E-state index < -0.39 is 0 Å². The summed E-state index contributed by atoms with van der Waals surface area (Å²) in [5.41, 5.74) is 7.55. The van der Waals surface area contributed by atoms with Gasteiger partial charge in [-0.25, -0.2) is 15.8 Å². The number of rotatable bonds is 4. The highest BCUT2D eigenvalue weighted by atomic mass is 15.3. The number of anilines is 3. The normalized spacial score (nSPS) is 12.1. The number of aryl methyl sites for hydroxylation is 1. The topological polar surface area (TPSA) is 100 Å². The quantitative estimate of drug-likeness (QED) is 0.422. The summed E-state index contributed by atoms with van der Waals surface area (Å²) < 4.78 is 0. The van der Waals surface area contributed by atoms with Crippen LogP contribution in [0.5, 0.6) is 0 Å². The lowest BCUT2D eigenvalue weighted by Gasteiger charge is -2.11. The minimum atomic E-state index is 0.522. The van der Waals surface area contributed by atoms with E-state index in [-0.39, 0.29) is 0 Å². The van der Waals surface area contributed by atoms with Crippen LogP contribution in [0.4, 0.5) is 23.1 Å². The molecule has 7 heteroatoms. The van der Waals surface area contributed by atoms with Gasteiger partial charge in [-0.3, -0.25) is 0 Å². The number of nitrogens with one attached hydrogen (secondary N) is 3. The summed E-state index contributed by atoms with van der Waals surface area (Å²) >= 11 is 0. The molecule has 1 aliphatic heterocycles. The molecule has 1 aliphatic rings. The summed E-state index contributed by atoms with van der Waals surface area (Å²) in [5, 5.41) is 6.60. The van der Waals surface area contributed by atoms with Gasteiger partial charge in [0.05, 0.1) is 16.9 Å². The molecule has 5 N–H and O–H groups in total. The van der Waals surface area contributed by atoms with Gasteiger partial charge in [0.1, 0.15) is 5.82 Å². The smallest absolute Gasteiger partial charge is 0.224 e. The van der Waals surface area contributed by atoms with Crippen LogP contribution in [0.3, 0.4) is 0 Å². The molecule has 136 valence electrons. The molecule has 2 aromatic carbocycles. The molecule has 0 radical (unpaired) electrons. The Kier molecular flexibility index (Phi) is 4.67. The van der Waals surface area contributed by atoms with E-state index in [4.69, 9.17) is 5.84 Å². The second-order valence-corrected chi connectivity index (χ2v) is 6.37. The van der Waals surface area contributed by atoms with Crippen molar-refractivity contribution in [3.8, 4) is 0 Å². The number of hydrogen-bond acceptors (Lipinski definition) is 7. The van der Waals surface area contributed by atoms with Gasteiger partial charge in [-0.15, -0.1) is 0 Å². The van der Waals surface area contributed by atoms with E-state index in [0.29, 0.717) is 17.6 Å². The van der Waals surface area contributed by atoms with Gasteiger partial charge >= 0.3 is 0 Å². The van der Waals surface area contributed by atoms with Crippen LogP contribution in [0.1, 0.15) is 16.7 Å². The molecule has 4 rings (SSSR count). The number of nitrogens with two attached hydrogens (primary N) is 1. The van der Waals surface area contributed by atoms with Crippen LogP contribution in [-0.4, -0.2) is 22.3 Å². The minimum Gasteiger partial charge on any atom is -0.354 e. The summed E-state index contributed by atoms with van der Waals surface area (Å²) in [5.74, 6) is 7.40. The first-order chi connectivity index (χ1) is 13.2. The van der Waals surface area contributed by atoms with Gasteiger partial charge in [0.15, 0.2) is 5.84 Å². The minimum absolute atomic E-state index is 0.522. The van der Waals surface area contributed by atoms with E-state index in [0.717, 1.165) is 29.9 Å². The number of amidine groups is 1. The van der Waals surface area contributed by atoms with Gasteiger partial charge in [-0.2, -0.15) is 4.98 Å². The summed E-state index contributed by atoms with van der Waals surface area (Å²) in [6.07, 6.45) is 2.61. The van der Waals surface area contributed by atoms with Crippen molar-refractivity contribution in [2.24, 2.45) is 10.8 Å². The fourth-order valence-corrected chi connectivity index (χ4v) is 2.90. The van der Waals surface area contributed by atoms with Crippen molar-refractivity contribution in [2.45, 2.75) is 13.3 Å². The average molecular weight is 359 g/mol. The lowest BCUT2D eigenvalue weighted by molar-refractivity contribution is 0.979. The molecule has 0 fully saturated rings. The molecule has 1 aromatic heterocycles. The van der Waals surface area contributed by atoms with Crippen LogP contribution < -0.4 is 21.9 Å². The van der Waals surface area contributed by atoms with Gasteiger partial charge in [0.25, 0.3) is 0 Å². The molecule has 2 heterocycles. The van der Waals surface area contributed by atoms with E-state index in [9.17, 15) is 0 Å². The Balaban J connectivity index is 1.53. The number of aromatic nitrogens is 2. The van der Waals surface area contributed by atoms with Crippen LogP contribution in [0.2, 0.25) is 0 Å². The van der Waals surface area contributed by atoms with Crippen molar-refractivity contribution >= 4 is 29.0 Å². The van der Waals surface area contributed by atoms with Crippen molar-refractivity contribution in [3.63, 3.8) is 0 Å². The van der Waals surface area contributed by atoms with Gasteiger partial charge in [0, 0.05) is 12.7 Å². The maximum absolute atomic E-state index is 5.66. The average Bonchev–Trinajstić information content (AvgIpc) is 2.85. The third-order valence-corrected chi connectivity index (χ3v) is 4.39. The van der Waals surface area contributed by atoms with Crippen molar-refractivity contribution < 1.29 is 0 Å². The molecular formula is C20H21N7. The number of hydrazine groups is 1. The molecule has 0 atom stereocenters. The molecule has 0 unspecified atom stereocenters. The fourth-order valence-electron chi connectivity index (χ4n) is 2.90. The van der Waals surface area contributed by atoms with Gasteiger partial charge in [0.2, 0.25) is 5.95 Å². The molecule has 0 spiro atoms. The second kappa shape index (κ2) is 7.43. The molecule has 27 heavy (non-hydrogen) atoms. The molecule has 7 nitrogen and oxygen atoms in total. The fraction of sp³-hybridized carbons (Fsp3) is 0.150. The van der Waals surface area contributed by atoms with E-state index in [1.165, 1.54) is 11.1 Å². The van der Waals surface area contributed by atoms with Gasteiger partial charge in [-0.05, 0) is 31.0 Å². The largest absolute Gasteiger partial charge is 0.354 e. The van der Waals surface area contributed by atoms with Crippen molar-refractivity contribution in [1.82, 2.24) is 15.4 Å². The number of para-hydroxylation sites is 2. The number of aliphatic imine (C=N–C) groups is 1.